The quantitative estimate of drug-likeness (QED) is 0.594. The first kappa shape index (κ1) is 14.5. The Hall–Kier alpha value is -0.950. The van der Waals surface area contributed by atoms with Gasteiger partial charge in [-0.05, 0) is 13.8 Å². The number of rotatable bonds is 6. The predicted molar refractivity (Wildman–Crippen MR) is 72.4 cm³/mol. The van der Waals surface area contributed by atoms with Crippen LogP contribution in [0.5, 0.6) is 0 Å². The fourth-order valence-corrected chi connectivity index (χ4v) is 2.83. The van der Waals surface area contributed by atoms with Gasteiger partial charge in [-0.15, -0.1) is 0 Å². The molecule has 2 heterocycles. The molecule has 1 aliphatic rings. The minimum absolute atomic E-state index is 0.119. The van der Waals surface area contributed by atoms with Crippen LogP contribution in [0.25, 0.3) is 0 Å². The van der Waals surface area contributed by atoms with Crippen LogP contribution in [-0.4, -0.2) is 35.0 Å². The van der Waals surface area contributed by atoms with Gasteiger partial charge in [-0.25, -0.2) is 10.4 Å². The molecule has 1 unspecified atom stereocenters. The van der Waals surface area contributed by atoms with Crippen LogP contribution in [-0.2, 0) is 16.0 Å². The molecule has 1 aromatic rings. The van der Waals surface area contributed by atoms with Gasteiger partial charge in [0.1, 0.15) is 11.9 Å². The molecule has 0 aliphatic carbocycles. The first-order valence-corrected chi connectivity index (χ1v) is 6.96. The molecule has 0 bridgehead atoms. The van der Waals surface area contributed by atoms with Gasteiger partial charge >= 0.3 is 0 Å². The molecule has 108 valence electrons. The van der Waals surface area contributed by atoms with Crippen molar-refractivity contribution in [1.29, 1.82) is 0 Å². The van der Waals surface area contributed by atoms with Crippen molar-refractivity contribution >= 4 is 0 Å². The topological polar surface area (TPSA) is 74.3 Å². The molecule has 2 rings (SSSR count). The number of hydrazine groups is 1. The smallest absolute Gasteiger partial charge is 0.130 e. The van der Waals surface area contributed by atoms with Crippen molar-refractivity contribution in [3.05, 3.63) is 18.2 Å². The molecule has 19 heavy (non-hydrogen) atoms. The number of nitrogens with zero attached hydrogens (tertiary/aromatic N) is 2. The van der Waals surface area contributed by atoms with Crippen LogP contribution in [0.3, 0.4) is 0 Å². The van der Waals surface area contributed by atoms with E-state index in [1.54, 1.807) is 0 Å². The zero-order chi connectivity index (χ0) is 13.7. The lowest BCUT2D eigenvalue weighted by Crippen LogP contribution is -2.52. The zero-order valence-electron chi connectivity index (χ0n) is 11.8. The minimum atomic E-state index is -0.333. The Balaban J connectivity index is 2.31. The molecule has 1 saturated heterocycles. The lowest BCUT2D eigenvalue weighted by molar-refractivity contribution is -0.130. The third-order valence-corrected chi connectivity index (χ3v) is 3.81. The van der Waals surface area contributed by atoms with E-state index >= 15 is 0 Å². The molecular weight excluding hydrogens is 244 g/mol. The molecule has 0 spiro atoms. The summed E-state index contributed by atoms with van der Waals surface area (Å²) in [5.74, 6) is 6.74. The third-order valence-electron chi connectivity index (χ3n) is 3.81. The number of hydrogen-bond donors (Lipinski definition) is 2. The van der Waals surface area contributed by atoms with Crippen molar-refractivity contribution in [2.24, 2.45) is 5.84 Å². The predicted octanol–water partition coefficient (Wildman–Crippen LogP) is 0.993. The molecule has 6 heteroatoms. The lowest BCUT2D eigenvalue weighted by atomic mass is 9.85. The Morgan fingerprint density at radius 3 is 2.84 bits per heavy atom. The standard InChI is InChI=1S/C13H24N4O2/c1-3-17-8-7-15-12(17)11(16-14)13(19-4-2)5-9-18-10-6-13/h7-8,11,16H,3-6,9-10,14H2,1-2H3. The Morgan fingerprint density at radius 2 is 2.26 bits per heavy atom. The van der Waals surface area contributed by atoms with Gasteiger partial charge in [0, 0.05) is 51.6 Å². The van der Waals surface area contributed by atoms with Crippen molar-refractivity contribution in [3.8, 4) is 0 Å². The first-order valence-electron chi connectivity index (χ1n) is 6.96. The number of aryl methyl sites for hydroxylation is 1. The highest BCUT2D eigenvalue weighted by Crippen LogP contribution is 2.36. The van der Waals surface area contributed by atoms with Crippen LogP contribution in [0, 0.1) is 0 Å². The second-order valence-corrected chi connectivity index (χ2v) is 4.78. The Bertz CT molecular complexity index is 382. The molecule has 0 radical (unpaired) electrons. The van der Waals surface area contributed by atoms with Gasteiger partial charge in [-0.2, -0.15) is 0 Å². The summed E-state index contributed by atoms with van der Waals surface area (Å²) in [5, 5.41) is 0. The van der Waals surface area contributed by atoms with Crippen molar-refractivity contribution in [3.63, 3.8) is 0 Å². The van der Waals surface area contributed by atoms with Gasteiger partial charge in [-0.3, -0.25) is 5.84 Å². The summed E-state index contributed by atoms with van der Waals surface area (Å²) in [6, 6.07) is -0.119. The zero-order valence-corrected chi connectivity index (χ0v) is 11.8. The molecule has 1 atom stereocenters. The van der Waals surface area contributed by atoms with Crippen LogP contribution in [0.1, 0.15) is 38.6 Å². The van der Waals surface area contributed by atoms with Crippen LogP contribution in [0.15, 0.2) is 12.4 Å². The number of nitrogens with one attached hydrogen (secondary N) is 1. The summed E-state index contributed by atoms with van der Waals surface area (Å²) in [6.45, 7) is 7.03. The van der Waals surface area contributed by atoms with Gasteiger partial charge in [0.2, 0.25) is 0 Å². The van der Waals surface area contributed by atoms with E-state index in [4.69, 9.17) is 15.3 Å². The number of ether oxygens (including phenoxy) is 2. The normalized spacial score (nSPS) is 20.4. The highest BCUT2D eigenvalue weighted by atomic mass is 16.5. The second kappa shape index (κ2) is 6.47. The van der Waals surface area contributed by atoms with Crippen molar-refractivity contribution in [1.82, 2.24) is 15.0 Å². The van der Waals surface area contributed by atoms with E-state index in [1.165, 1.54) is 0 Å². The molecule has 1 fully saturated rings. The number of hydrogen-bond acceptors (Lipinski definition) is 5. The highest BCUT2D eigenvalue weighted by molar-refractivity contribution is 5.08. The van der Waals surface area contributed by atoms with E-state index in [1.807, 2.05) is 19.3 Å². The molecular formula is C13H24N4O2. The van der Waals surface area contributed by atoms with Crippen molar-refractivity contribution in [2.45, 2.75) is 44.9 Å². The van der Waals surface area contributed by atoms with Crippen LogP contribution in [0.2, 0.25) is 0 Å². The highest BCUT2D eigenvalue weighted by Gasteiger charge is 2.43. The van der Waals surface area contributed by atoms with E-state index in [9.17, 15) is 0 Å². The molecule has 6 nitrogen and oxygen atoms in total. The number of imidazole rings is 1. The summed E-state index contributed by atoms with van der Waals surface area (Å²) in [4.78, 5) is 4.46. The summed E-state index contributed by atoms with van der Waals surface area (Å²) in [7, 11) is 0. The minimum Gasteiger partial charge on any atom is -0.381 e. The van der Waals surface area contributed by atoms with E-state index < -0.39 is 0 Å². The Morgan fingerprint density at radius 1 is 1.53 bits per heavy atom. The van der Waals surface area contributed by atoms with Gasteiger partial charge in [0.15, 0.2) is 0 Å². The monoisotopic (exact) mass is 268 g/mol. The van der Waals surface area contributed by atoms with E-state index in [0.717, 1.165) is 25.2 Å². The first-order chi connectivity index (χ1) is 9.27. The van der Waals surface area contributed by atoms with Gasteiger partial charge in [0.25, 0.3) is 0 Å². The number of nitrogens with two attached hydrogens (primary N) is 1. The lowest BCUT2D eigenvalue weighted by Gasteiger charge is -2.42. The summed E-state index contributed by atoms with van der Waals surface area (Å²) >= 11 is 0. The average molecular weight is 268 g/mol. The fourth-order valence-electron chi connectivity index (χ4n) is 2.83. The SMILES string of the molecule is CCOC1(C(NN)c2nccn2CC)CCOCC1. The van der Waals surface area contributed by atoms with E-state index in [2.05, 4.69) is 21.9 Å². The molecule has 0 amide bonds. The fraction of sp³-hybridized carbons (Fsp3) is 0.769. The van der Waals surface area contributed by atoms with Gasteiger partial charge in [-0.1, -0.05) is 0 Å². The largest absolute Gasteiger partial charge is 0.381 e. The van der Waals surface area contributed by atoms with Crippen LogP contribution >= 0.6 is 0 Å². The Labute approximate surface area is 114 Å². The van der Waals surface area contributed by atoms with E-state index in [-0.39, 0.29) is 11.6 Å². The molecule has 0 aromatic carbocycles. The molecule has 1 aromatic heterocycles. The van der Waals surface area contributed by atoms with Crippen LogP contribution in [0.4, 0.5) is 0 Å². The summed E-state index contributed by atoms with van der Waals surface area (Å²) in [5.41, 5.74) is 2.58. The van der Waals surface area contributed by atoms with Gasteiger partial charge in [0.05, 0.1) is 5.60 Å². The molecule has 0 saturated carbocycles. The maximum Gasteiger partial charge on any atom is 0.130 e. The van der Waals surface area contributed by atoms with Crippen molar-refractivity contribution in [2.75, 3.05) is 19.8 Å². The average Bonchev–Trinajstić information content (AvgIpc) is 2.89. The Kier molecular flexibility index (Phi) is 4.93. The maximum atomic E-state index is 6.07. The summed E-state index contributed by atoms with van der Waals surface area (Å²) < 4.78 is 13.6. The van der Waals surface area contributed by atoms with Crippen molar-refractivity contribution < 1.29 is 9.47 Å². The number of aromatic nitrogens is 2. The van der Waals surface area contributed by atoms with E-state index in [0.29, 0.717) is 19.8 Å². The second-order valence-electron chi connectivity index (χ2n) is 4.78. The maximum absolute atomic E-state index is 6.07. The molecule has 1 aliphatic heterocycles. The van der Waals surface area contributed by atoms with Gasteiger partial charge < -0.3 is 14.0 Å². The molecule has 3 N–H and O–H groups in total. The third kappa shape index (κ3) is 2.81. The summed E-state index contributed by atoms with van der Waals surface area (Å²) in [6.07, 6.45) is 5.43. The van der Waals surface area contributed by atoms with Crippen LogP contribution < -0.4 is 11.3 Å².